The van der Waals surface area contributed by atoms with Crippen molar-refractivity contribution in [3.05, 3.63) is 59.7 Å². The van der Waals surface area contributed by atoms with Crippen LogP contribution in [0.15, 0.2) is 48.5 Å². The zero-order chi connectivity index (χ0) is 25.8. The number of hydrogen-bond acceptors (Lipinski definition) is 8. The van der Waals surface area contributed by atoms with E-state index < -0.39 is 25.3 Å². The average Bonchev–Trinajstić information content (AvgIpc) is 3.51. The highest BCUT2D eigenvalue weighted by Crippen LogP contribution is 2.31. The van der Waals surface area contributed by atoms with Crippen LogP contribution in [0.1, 0.15) is 28.8 Å². The van der Waals surface area contributed by atoms with Gasteiger partial charge in [0.1, 0.15) is 17.6 Å². The summed E-state index contributed by atoms with van der Waals surface area (Å²) in [5, 5.41) is 12.3. The van der Waals surface area contributed by atoms with Gasteiger partial charge in [-0.2, -0.15) is 0 Å². The number of ether oxygens (including phenoxy) is 5. The molecule has 0 saturated carbocycles. The van der Waals surface area contributed by atoms with Crippen LogP contribution >= 0.6 is 0 Å². The zero-order valence-corrected chi connectivity index (χ0v) is 17.8. The van der Waals surface area contributed by atoms with E-state index in [0.717, 1.165) is 5.56 Å². The van der Waals surface area contributed by atoms with Crippen molar-refractivity contribution < 1.29 is 34.3 Å². The number of likely N-dealkylation sites (N-methyl/N-ethyl adjacent to an activating group) is 1. The molecule has 3 rings (SSSR count). The Kier molecular flexibility index (Phi) is 10.3. The normalized spacial score (nSPS) is 19.2. The molecule has 1 saturated heterocycles. The summed E-state index contributed by atoms with van der Waals surface area (Å²) in [4.78, 5) is 0. The van der Waals surface area contributed by atoms with Gasteiger partial charge in [0.05, 0.1) is 15.4 Å². The fourth-order valence-corrected chi connectivity index (χ4v) is 2.19. The fourth-order valence-electron chi connectivity index (χ4n) is 2.19. The number of aliphatic hydroxyl groups is 1. The molecule has 0 amide bonds. The molecule has 4 N–H and O–H groups in total. The first-order valence-corrected chi connectivity index (χ1v) is 9.20. The minimum Gasteiger partial charge on any atom is -0.468 e. The SMILES string of the molecule is CN.[2H]C([2H])(NC)[C@H](O)c1cccc(OCOC)c1.[2H]C1([2H])O[C@@H]1c1cccc(OCOC)c1. The molecule has 1 aliphatic rings. The van der Waals surface area contributed by atoms with Gasteiger partial charge in [0, 0.05) is 23.5 Å². The number of rotatable bonds is 10. The Morgan fingerprint density at radius 1 is 1.13 bits per heavy atom. The second-order valence-electron chi connectivity index (χ2n) is 5.66. The van der Waals surface area contributed by atoms with Gasteiger partial charge in [-0.25, -0.2) is 0 Å². The Labute approximate surface area is 184 Å². The smallest absolute Gasteiger partial charge is 0.188 e. The van der Waals surface area contributed by atoms with Crippen molar-refractivity contribution in [2.24, 2.45) is 5.73 Å². The molecule has 8 nitrogen and oxygen atoms in total. The molecule has 0 spiro atoms. The third kappa shape index (κ3) is 10.0. The highest BCUT2D eigenvalue weighted by Gasteiger charge is 2.24. The standard InChI is InChI=1S/C11H17NO3.C10H12O3.CH5N/c1-12-7-11(13)9-4-3-5-10(6-9)15-8-14-2;1-11-7-13-9-4-2-3-8(5-9)10-6-12-10;1-2/h3-6,11-13H,7-8H2,1-2H3;2-5,10H,6-7H2,1H3;2H2,1H3/t11-;10-;/m00./s1/i7D2;6D2;. The number of epoxide rings is 1. The van der Waals surface area contributed by atoms with Gasteiger partial charge in [0.25, 0.3) is 0 Å². The highest BCUT2D eigenvalue weighted by atomic mass is 16.7. The van der Waals surface area contributed by atoms with E-state index in [9.17, 15) is 5.11 Å². The molecule has 0 aromatic heterocycles. The molecule has 0 radical (unpaired) electrons. The predicted molar refractivity (Wildman–Crippen MR) is 116 cm³/mol. The molecule has 168 valence electrons. The summed E-state index contributed by atoms with van der Waals surface area (Å²) >= 11 is 0. The largest absolute Gasteiger partial charge is 0.468 e. The lowest BCUT2D eigenvalue weighted by atomic mass is 10.1. The van der Waals surface area contributed by atoms with E-state index >= 15 is 0 Å². The molecule has 2 aromatic carbocycles. The van der Waals surface area contributed by atoms with Crippen LogP contribution in [0.25, 0.3) is 0 Å². The van der Waals surface area contributed by atoms with E-state index in [1.165, 1.54) is 21.2 Å². The second kappa shape index (κ2) is 15.6. The molecule has 0 aliphatic carbocycles. The molecule has 0 bridgehead atoms. The molecule has 1 heterocycles. The van der Waals surface area contributed by atoms with Crippen molar-refractivity contribution in [2.45, 2.75) is 12.2 Å². The van der Waals surface area contributed by atoms with Crippen LogP contribution in [0.3, 0.4) is 0 Å². The predicted octanol–water partition coefficient (Wildman–Crippen LogP) is 2.24. The summed E-state index contributed by atoms with van der Waals surface area (Å²) in [5.41, 5.74) is 5.73. The number of hydrogen-bond donors (Lipinski definition) is 3. The summed E-state index contributed by atoms with van der Waals surface area (Å²) in [7, 11) is 6.01. The maximum Gasteiger partial charge on any atom is 0.188 e. The zero-order valence-electron chi connectivity index (χ0n) is 21.8. The van der Waals surface area contributed by atoms with Crippen molar-refractivity contribution in [2.75, 3.05) is 55.0 Å². The molecule has 0 unspecified atom stereocenters. The first-order valence-electron chi connectivity index (χ1n) is 11.2. The van der Waals surface area contributed by atoms with Crippen LogP contribution in [-0.4, -0.2) is 60.1 Å². The maximum atomic E-state index is 9.87. The Balaban J connectivity index is 0.000000318. The summed E-state index contributed by atoms with van der Waals surface area (Å²) < 4.78 is 54.7. The van der Waals surface area contributed by atoms with Crippen LogP contribution in [0, 0.1) is 0 Å². The summed E-state index contributed by atoms with van der Waals surface area (Å²) in [6, 6.07) is 13.8. The first kappa shape index (κ1) is 19.7. The van der Waals surface area contributed by atoms with Gasteiger partial charge in [-0.05, 0) is 49.5 Å². The van der Waals surface area contributed by atoms with E-state index in [2.05, 4.69) is 11.1 Å². The van der Waals surface area contributed by atoms with Gasteiger partial charge in [-0.15, -0.1) is 0 Å². The van der Waals surface area contributed by atoms with Crippen molar-refractivity contribution in [3.8, 4) is 11.5 Å². The number of nitrogens with two attached hydrogens (primary N) is 1. The minimum absolute atomic E-state index is 0.110. The Bertz CT molecular complexity index is 860. The molecule has 2 atom stereocenters. The quantitative estimate of drug-likeness (QED) is 0.392. The van der Waals surface area contributed by atoms with Gasteiger partial charge in [-0.1, -0.05) is 24.3 Å². The molecule has 8 heteroatoms. The third-order valence-corrected chi connectivity index (χ3v) is 3.54. The Morgan fingerprint density at radius 3 is 2.23 bits per heavy atom. The molecular weight excluding hydrogens is 388 g/mol. The van der Waals surface area contributed by atoms with Crippen LogP contribution in [0.5, 0.6) is 11.5 Å². The van der Waals surface area contributed by atoms with Crippen LogP contribution < -0.4 is 20.5 Å². The van der Waals surface area contributed by atoms with Crippen molar-refractivity contribution in [1.29, 1.82) is 0 Å². The van der Waals surface area contributed by atoms with Crippen LogP contribution in [0.4, 0.5) is 0 Å². The van der Waals surface area contributed by atoms with E-state index in [-0.39, 0.29) is 13.6 Å². The summed E-state index contributed by atoms with van der Waals surface area (Å²) in [5.74, 6) is 1.18. The summed E-state index contributed by atoms with van der Waals surface area (Å²) in [6.45, 7) is -3.12. The minimum atomic E-state index is -1.89. The van der Waals surface area contributed by atoms with E-state index in [4.69, 9.17) is 29.2 Å². The molecule has 30 heavy (non-hydrogen) atoms. The molecular formula is C22H34N2O6. The maximum absolute atomic E-state index is 9.87. The lowest BCUT2D eigenvalue weighted by Gasteiger charge is -2.12. The molecule has 2 aromatic rings. The van der Waals surface area contributed by atoms with E-state index in [1.807, 2.05) is 6.07 Å². The molecule has 1 aliphatic heterocycles. The van der Waals surface area contributed by atoms with Crippen LogP contribution in [0.2, 0.25) is 0 Å². The van der Waals surface area contributed by atoms with Gasteiger partial charge < -0.3 is 39.8 Å². The average molecular weight is 427 g/mol. The summed E-state index contributed by atoms with van der Waals surface area (Å²) in [6.07, 6.45) is -1.73. The lowest BCUT2D eigenvalue weighted by molar-refractivity contribution is 0.0507. The number of methoxy groups -OCH3 is 2. The van der Waals surface area contributed by atoms with Crippen molar-refractivity contribution in [1.82, 2.24) is 5.32 Å². The first-order chi connectivity index (χ1) is 16.1. The van der Waals surface area contributed by atoms with Gasteiger partial charge in [-0.3, -0.25) is 0 Å². The number of nitrogens with one attached hydrogen (secondary N) is 1. The highest BCUT2D eigenvalue weighted by molar-refractivity contribution is 5.31. The van der Waals surface area contributed by atoms with Crippen molar-refractivity contribution >= 4 is 0 Å². The van der Waals surface area contributed by atoms with Gasteiger partial charge >= 0.3 is 0 Å². The van der Waals surface area contributed by atoms with E-state index in [1.54, 1.807) is 49.6 Å². The van der Waals surface area contributed by atoms with Gasteiger partial charge in [0.2, 0.25) is 0 Å². The van der Waals surface area contributed by atoms with Crippen LogP contribution in [-0.2, 0) is 14.2 Å². The third-order valence-electron chi connectivity index (χ3n) is 3.54. The van der Waals surface area contributed by atoms with Crippen molar-refractivity contribution in [3.63, 3.8) is 0 Å². The number of aliphatic hydroxyl groups excluding tert-OH is 1. The topological polar surface area (TPSA) is 108 Å². The second-order valence-corrected chi connectivity index (χ2v) is 5.66. The number of benzene rings is 2. The van der Waals surface area contributed by atoms with E-state index in [0.29, 0.717) is 17.1 Å². The Morgan fingerprint density at radius 2 is 1.70 bits per heavy atom. The monoisotopic (exact) mass is 426 g/mol. The Hall–Kier alpha value is -2.20. The molecule has 1 fully saturated rings. The van der Waals surface area contributed by atoms with Gasteiger partial charge in [0.15, 0.2) is 13.6 Å². The fraction of sp³-hybridized carbons (Fsp3) is 0.455. The lowest BCUT2D eigenvalue weighted by Crippen LogP contribution is -2.16.